The molecular weight excluding hydrogens is 292 g/mol. The first kappa shape index (κ1) is 19.1. The van der Waals surface area contributed by atoms with Crippen LogP contribution in [0, 0.1) is 0 Å². The Balaban J connectivity index is 2.59. The monoisotopic (exact) mass is 322 g/mol. The van der Waals surface area contributed by atoms with Gasteiger partial charge in [-0.2, -0.15) is 0 Å². The van der Waals surface area contributed by atoms with Gasteiger partial charge in [0.05, 0.1) is 25.9 Å². The molecule has 0 amide bonds. The smallest absolute Gasteiger partial charge is 0.192 e. The number of aliphatic hydroxyl groups is 1. The van der Waals surface area contributed by atoms with Crippen LogP contribution in [0.2, 0.25) is 18.1 Å². The zero-order valence-electron chi connectivity index (χ0n) is 14.5. The minimum absolute atomic E-state index is 0.0239. The second-order valence-corrected chi connectivity index (χ2v) is 11.8. The Labute approximate surface area is 136 Å². The lowest BCUT2D eigenvalue weighted by Gasteiger charge is -2.38. The Morgan fingerprint density at radius 2 is 1.82 bits per heavy atom. The lowest BCUT2D eigenvalue weighted by atomic mass is 10.2. The van der Waals surface area contributed by atoms with Crippen molar-refractivity contribution in [3.63, 3.8) is 0 Å². The van der Waals surface area contributed by atoms with Crippen LogP contribution in [0.25, 0.3) is 0 Å². The van der Waals surface area contributed by atoms with E-state index < -0.39 is 8.32 Å². The molecule has 0 fully saturated rings. The molecular formula is C18H30O3Si. The van der Waals surface area contributed by atoms with Gasteiger partial charge in [-0.05, 0) is 23.7 Å². The zero-order valence-corrected chi connectivity index (χ0v) is 15.5. The van der Waals surface area contributed by atoms with Gasteiger partial charge in [0.2, 0.25) is 0 Å². The maximum absolute atomic E-state index is 9.00. The lowest BCUT2D eigenvalue weighted by molar-refractivity contribution is 0.0548. The van der Waals surface area contributed by atoms with Crippen molar-refractivity contribution in [1.29, 1.82) is 0 Å². The van der Waals surface area contributed by atoms with Crippen molar-refractivity contribution in [1.82, 2.24) is 0 Å². The van der Waals surface area contributed by atoms with Gasteiger partial charge < -0.3 is 14.3 Å². The van der Waals surface area contributed by atoms with Crippen LogP contribution in [0.1, 0.15) is 26.3 Å². The van der Waals surface area contributed by atoms with Crippen molar-refractivity contribution in [3.05, 3.63) is 48.0 Å². The van der Waals surface area contributed by atoms with Crippen molar-refractivity contribution in [2.75, 3.05) is 13.2 Å². The Bertz CT molecular complexity index is 449. The molecule has 0 aromatic heterocycles. The average molecular weight is 323 g/mol. The van der Waals surface area contributed by atoms with Crippen LogP contribution in [-0.4, -0.2) is 32.7 Å². The number of hydrogen-bond donors (Lipinski definition) is 1. The molecule has 0 spiro atoms. The third-order valence-corrected chi connectivity index (χ3v) is 8.61. The van der Waals surface area contributed by atoms with Crippen molar-refractivity contribution < 1.29 is 14.3 Å². The van der Waals surface area contributed by atoms with Gasteiger partial charge in [0, 0.05) is 0 Å². The number of ether oxygens (including phenoxy) is 1. The highest BCUT2D eigenvalue weighted by Gasteiger charge is 2.38. The van der Waals surface area contributed by atoms with Crippen molar-refractivity contribution in [3.8, 4) is 0 Å². The minimum atomic E-state index is -1.86. The van der Waals surface area contributed by atoms with E-state index in [4.69, 9.17) is 14.3 Å². The van der Waals surface area contributed by atoms with Crippen LogP contribution < -0.4 is 0 Å². The van der Waals surface area contributed by atoms with Gasteiger partial charge in [-0.15, -0.1) is 0 Å². The molecule has 1 N–H and O–H groups in total. The Hall–Kier alpha value is -0.943. The zero-order chi connectivity index (χ0) is 16.6. The molecule has 3 nitrogen and oxygen atoms in total. The molecule has 1 atom stereocenters. The molecule has 1 aromatic carbocycles. The fourth-order valence-corrected chi connectivity index (χ4v) is 3.02. The van der Waals surface area contributed by atoms with Crippen LogP contribution >= 0.6 is 0 Å². The van der Waals surface area contributed by atoms with Gasteiger partial charge in [-0.3, -0.25) is 0 Å². The Morgan fingerprint density at radius 1 is 1.18 bits per heavy atom. The van der Waals surface area contributed by atoms with E-state index in [0.29, 0.717) is 13.2 Å². The van der Waals surface area contributed by atoms with E-state index in [1.165, 1.54) is 0 Å². The molecule has 4 heteroatoms. The quantitative estimate of drug-likeness (QED) is 0.577. The number of aliphatic hydroxyl groups excluding tert-OH is 1. The second kappa shape index (κ2) is 8.63. The van der Waals surface area contributed by atoms with E-state index in [1.807, 2.05) is 36.4 Å². The molecule has 0 aliphatic rings. The van der Waals surface area contributed by atoms with Crippen LogP contribution in [0.3, 0.4) is 0 Å². The van der Waals surface area contributed by atoms with Crippen LogP contribution in [0.4, 0.5) is 0 Å². The molecule has 1 rings (SSSR count). The van der Waals surface area contributed by atoms with E-state index in [-0.39, 0.29) is 17.7 Å². The van der Waals surface area contributed by atoms with Gasteiger partial charge in [0.15, 0.2) is 8.32 Å². The molecule has 0 radical (unpaired) electrons. The molecule has 0 saturated heterocycles. The second-order valence-electron chi connectivity index (χ2n) is 7.03. The summed E-state index contributed by atoms with van der Waals surface area (Å²) in [5.74, 6) is 0. The van der Waals surface area contributed by atoms with E-state index >= 15 is 0 Å². The minimum Gasteiger partial charge on any atom is -0.408 e. The Morgan fingerprint density at radius 3 is 2.36 bits per heavy atom. The first-order chi connectivity index (χ1) is 10.3. The highest BCUT2D eigenvalue weighted by Crippen LogP contribution is 2.37. The molecule has 0 heterocycles. The van der Waals surface area contributed by atoms with Crippen molar-refractivity contribution in [2.24, 2.45) is 0 Å². The van der Waals surface area contributed by atoms with Gasteiger partial charge in [-0.1, -0.05) is 63.3 Å². The molecule has 22 heavy (non-hydrogen) atoms. The molecule has 124 valence electrons. The maximum atomic E-state index is 9.00. The molecule has 1 unspecified atom stereocenters. The van der Waals surface area contributed by atoms with E-state index in [9.17, 15) is 0 Å². The van der Waals surface area contributed by atoms with Crippen molar-refractivity contribution >= 4 is 8.32 Å². The predicted octanol–water partition coefficient (Wildman–Crippen LogP) is 4.14. The first-order valence-electron chi connectivity index (χ1n) is 7.83. The summed E-state index contributed by atoms with van der Waals surface area (Å²) in [6.07, 6.45) is 3.52. The summed E-state index contributed by atoms with van der Waals surface area (Å²) >= 11 is 0. The van der Waals surface area contributed by atoms with Crippen LogP contribution in [0.5, 0.6) is 0 Å². The standard InChI is InChI=1S/C18H30O3Si/c1-18(2,3)22(4,5)21-17(12-9-13-19)15-20-14-16-10-7-6-8-11-16/h6-12,17,19H,13-15H2,1-5H3. The fraction of sp³-hybridized carbons (Fsp3) is 0.556. The van der Waals surface area contributed by atoms with E-state index in [0.717, 1.165) is 5.56 Å². The third kappa shape index (κ3) is 6.44. The number of benzene rings is 1. The summed E-state index contributed by atoms with van der Waals surface area (Å²) in [5.41, 5.74) is 1.15. The largest absolute Gasteiger partial charge is 0.408 e. The SMILES string of the molecule is CC(C)(C)[Si](C)(C)OC(C=CCO)COCc1ccccc1. The summed E-state index contributed by atoms with van der Waals surface area (Å²) in [6.45, 7) is 12.2. The summed E-state index contributed by atoms with van der Waals surface area (Å²) in [7, 11) is -1.86. The highest BCUT2D eigenvalue weighted by molar-refractivity contribution is 6.74. The molecule has 0 saturated carbocycles. The van der Waals surface area contributed by atoms with Crippen LogP contribution in [-0.2, 0) is 15.8 Å². The van der Waals surface area contributed by atoms with Gasteiger partial charge in [-0.25, -0.2) is 0 Å². The summed E-state index contributed by atoms with van der Waals surface area (Å²) in [5, 5.41) is 9.16. The number of rotatable bonds is 8. The summed E-state index contributed by atoms with van der Waals surface area (Å²) in [6, 6.07) is 10.1. The lowest BCUT2D eigenvalue weighted by Crippen LogP contribution is -2.44. The molecule has 0 aliphatic carbocycles. The first-order valence-corrected chi connectivity index (χ1v) is 10.7. The van der Waals surface area contributed by atoms with Gasteiger partial charge >= 0.3 is 0 Å². The molecule has 1 aromatic rings. The van der Waals surface area contributed by atoms with Gasteiger partial charge in [0.1, 0.15) is 0 Å². The molecule has 0 aliphatic heterocycles. The van der Waals surface area contributed by atoms with Gasteiger partial charge in [0.25, 0.3) is 0 Å². The van der Waals surface area contributed by atoms with E-state index in [1.54, 1.807) is 6.08 Å². The van der Waals surface area contributed by atoms with Crippen LogP contribution in [0.15, 0.2) is 42.5 Å². The summed E-state index contributed by atoms with van der Waals surface area (Å²) in [4.78, 5) is 0. The number of hydrogen-bond acceptors (Lipinski definition) is 3. The predicted molar refractivity (Wildman–Crippen MR) is 94.4 cm³/mol. The topological polar surface area (TPSA) is 38.7 Å². The normalized spacial score (nSPS) is 14.5. The third-order valence-electron chi connectivity index (χ3n) is 4.10. The molecule has 0 bridgehead atoms. The Kier molecular flexibility index (Phi) is 7.49. The van der Waals surface area contributed by atoms with E-state index in [2.05, 4.69) is 33.9 Å². The maximum Gasteiger partial charge on any atom is 0.192 e. The highest BCUT2D eigenvalue weighted by atomic mass is 28.4. The fourth-order valence-electron chi connectivity index (χ4n) is 1.76. The average Bonchev–Trinajstić information content (AvgIpc) is 2.44. The van der Waals surface area contributed by atoms with Crippen molar-refractivity contribution in [2.45, 2.75) is 51.6 Å². The summed E-state index contributed by atoms with van der Waals surface area (Å²) < 4.78 is 12.2.